The summed E-state index contributed by atoms with van der Waals surface area (Å²) in [6.45, 7) is 1.98. The molecule has 0 aliphatic carbocycles. The quantitative estimate of drug-likeness (QED) is 0.791. The van der Waals surface area contributed by atoms with Gasteiger partial charge >= 0.3 is 12.2 Å². The van der Waals surface area contributed by atoms with Gasteiger partial charge in [0.25, 0.3) is 5.91 Å². The van der Waals surface area contributed by atoms with Gasteiger partial charge in [-0.25, -0.2) is 4.79 Å². The van der Waals surface area contributed by atoms with Crippen molar-refractivity contribution in [3.63, 3.8) is 0 Å². The molecule has 2 aromatic rings. The predicted octanol–water partition coefficient (Wildman–Crippen LogP) is 2.86. The first kappa shape index (κ1) is 19.2. The number of aromatic nitrogens is 1. The molecular weight excluding hydrogens is 385 g/mol. The normalized spacial score (nSPS) is 19.5. The minimum atomic E-state index is -4.44. The summed E-state index contributed by atoms with van der Waals surface area (Å²) < 4.78 is 38.1. The number of piperazine rings is 1. The summed E-state index contributed by atoms with van der Waals surface area (Å²) in [5, 5.41) is 0. The van der Waals surface area contributed by atoms with Crippen molar-refractivity contribution in [3.8, 4) is 0 Å². The summed E-state index contributed by atoms with van der Waals surface area (Å²) >= 11 is 0. The van der Waals surface area contributed by atoms with Crippen molar-refractivity contribution in [2.75, 3.05) is 26.2 Å². The third kappa shape index (κ3) is 3.90. The van der Waals surface area contributed by atoms with Gasteiger partial charge in [0.2, 0.25) is 0 Å². The largest absolute Gasteiger partial charge is 0.416 e. The van der Waals surface area contributed by atoms with Crippen LogP contribution in [0.25, 0.3) is 0 Å². The van der Waals surface area contributed by atoms with E-state index in [1.54, 1.807) is 20.9 Å². The van der Waals surface area contributed by atoms with Crippen LogP contribution >= 0.6 is 0 Å². The average Bonchev–Trinajstić information content (AvgIpc) is 3.02. The number of hydrogen-bond acceptors (Lipinski definition) is 3. The Morgan fingerprint density at radius 1 is 1.07 bits per heavy atom. The molecule has 1 atom stereocenters. The van der Waals surface area contributed by atoms with Crippen LogP contribution in [0.1, 0.15) is 21.6 Å². The third-order valence-electron chi connectivity index (χ3n) is 5.26. The Balaban J connectivity index is 1.42. The molecule has 2 saturated heterocycles. The standard InChI is InChI=1S/C20H19F3N4O2/c21-20(22,23)15-6-4-14(5-7-15)18(28)25-9-10-27-17(12-25)13-26(19(27)29)11-16-3-1-2-8-24-16/h1-8,17H,9-13H2. The molecule has 1 aromatic carbocycles. The highest BCUT2D eigenvalue weighted by Gasteiger charge is 2.41. The van der Waals surface area contributed by atoms with E-state index < -0.39 is 11.7 Å². The molecular formula is C20H19F3N4O2. The van der Waals surface area contributed by atoms with Crippen LogP contribution in [0, 0.1) is 0 Å². The molecule has 2 aliphatic heterocycles. The minimum Gasteiger partial charge on any atom is -0.335 e. The van der Waals surface area contributed by atoms with Crippen LogP contribution in [0.5, 0.6) is 0 Å². The molecule has 9 heteroatoms. The average molecular weight is 404 g/mol. The first-order valence-electron chi connectivity index (χ1n) is 9.25. The SMILES string of the molecule is O=C(c1ccc(C(F)(F)F)cc1)N1CCN2C(=O)N(Cc3ccccn3)CC2C1. The molecule has 29 heavy (non-hydrogen) atoms. The maximum absolute atomic E-state index is 12.7. The topological polar surface area (TPSA) is 56.8 Å². The predicted molar refractivity (Wildman–Crippen MR) is 97.9 cm³/mol. The molecule has 2 fully saturated rings. The fourth-order valence-electron chi connectivity index (χ4n) is 3.77. The van der Waals surface area contributed by atoms with Gasteiger partial charge in [-0.3, -0.25) is 9.78 Å². The molecule has 0 N–H and O–H groups in total. The highest BCUT2D eigenvalue weighted by Crippen LogP contribution is 2.29. The first-order valence-corrected chi connectivity index (χ1v) is 9.25. The molecule has 0 spiro atoms. The number of hydrogen-bond donors (Lipinski definition) is 0. The van der Waals surface area contributed by atoms with E-state index in [9.17, 15) is 22.8 Å². The lowest BCUT2D eigenvalue weighted by molar-refractivity contribution is -0.137. The molecule has 0 saturated carbocycles. The highest BCUT2D eigenvalue weighted by molar-refractivity contribution is 5.94. The minimum absolute atomic E-state index is 0.0812. The number of fused-ring (bicyclic) bond motifs is 1. The van der Waals surface area contributed by atoms with Crippen molar-refractivity contribution in [2.45, 2.75) is 18.8 Å². The lowest BCUT2D eigenvalue weighted by Gasteiger charge is -2.36. The summed E-state index contributed by atoms with van der Waals surface area (Å²) in [7, 11) is 0. The van der Waals surface area contributed by atoms with Gasteiger partial charge in [-0.1, -0.05) is 6.07 Å². The molecule has 1 unspecified atom stereocenters. The molecule has 0 bridgehead atoms. The maximum Gasteiger partial charge on any atom is 0.416 e. The molecule has 0 radical (unpaired) electrons. The summed E-state index contributed by atoms with van der Waals surface area (Å²) in [5.41, 5.74) is 0.213. The maximum atomic E-state index is 12.7. The number of pyridine rings is 1. The van der Waals surface area contributed by atoms with Gasteiger partial charge in [-0.15, -0.1) is 0 Å². The Hall–Kier alpha value is -3.10. The molecule has 3 heterocycles. The van der Waals surface area contributed by atoms with Crippen molar-refractivity contribution in [3.05, 3.63) is 65.5 Å². The second-order valence-electron chi connectivity index (χ2n) is 7.16. The molecule has 152 valence electrons. The van der Waals surface area contributed by atoms with Gasteiger partial charge in [-0.05, 0) is 36.4 Å². The number of rotatable bonds is 3. The lowest BCUT2D eigenvalue weighted by atomic mass is 10.1. The Kier molecular flexibility index (Phi) is 4.89. The lowest BCUT2D eigenvalue weighted by Crippen LogP contribution is -2.53. The van der Waals surface area contributed by atoms with Gasteiger partial charge in [0.05, 0.1) is 23.8 Å². The second-order valence-corrected chi connectivity index (χ2v) is 7.16. The van der Waals surface area contributed by atoms with Gasteiger partial charge in [-0.2, -0.15) is 13.2 Å². The summed E-state index contributed by atoms with van der Waals surface area (Å²) in [5.74, 6) is -0.325. The van der Waals surface area contributed by atoms with Crippen LogP contribution in [0.3, 0.4) is 0 Å². The molecule has 4 rings (SSSR count). The Labute approximate surface area is 165 Å². The number of carbonyl (C=O) groups is 2. The van der Waals surface area contributed by atoms with E-state index in [1.807, 2.05) is 18.2 Å². The van der Waals surface area contributed by atoms with Crippen LogP contribution in [0.2, 0.25) is 0 Å². The van der Waals surface area contributed by atoms with Gasteiger partial charge < -0.3 is 14.7 Å². The van der Waals surface area contributed by atoms with E-state index in [2.05, 4.69) is 4.98 Å². The second kappa shape index (κ2) is 7.38. The Bertz CT molecular complexity index is 902. The van der Waals surface area contributed by atoms with Crippen molar-refractivity contribution < 1.29 is 22.8 Å². The van der Waals surface area contributed by atoms with E-state index in [-0.39, 0.29) is 23.5 Å². The van der Waals surface area contributed by atoms with Crippen molar-refractivity contribution in [1.29, 1.82) is 0 Å². The number of nitrogens with zero attached hydrogens (tertiary/aromatic N) is 4. The zero-order valence-electron chi connectivity index (χ0n) is 15.5. The first-order chi connectivity index (χ1) is 13.8. The zero-order chi connectivity index (χ0) is 20.6. The van der Waals surface area contributed by atoms with E-state index in [1.165, 1.54) is 12.1 Å². The van der Waals surface area contributed by atoms with E-state index in [0.717, 1.165) is 17.8 Å². The number of benzene rings is 1. The monoisotopic (exact) mass is 404 g/mol. The van der Waals surface area contributed by atoms with Crippen LogP contribution in [-0.4, -0.2) is 63.8 Å². The number of urea groups is 1. The van der Waals surface area contributed by atoms with Gasteiger partial charge in [0, 0.05) is 37.9 Å². The molecule has 6 nitrogen and oxygen atoms in total. The van der Waals surface area contributed by atoms with Crippen LogP contribution < -0.4 is 0 Å². The molecule has 1 aromatic heterocycles. The van der Waals surface area contributed by atoms with Gasteiger partial charge in [0.15, 0.2) is 0 Å². The summed E-state index contributed by atoms with van der Waals surface area (Å²) in [4.78, 5) is 34.7. The molecule has 2 aliphatic rings. The zero-order valence-corrected chi connectivity index (χ0v) is 15.5. The van der Waals surface area contributed by atoms with E-state index in [4.69, 9.17) is 0 Å². The summed E-state index contributed by atoms with van der Waals surface area (Å²) in [6.07, 6.45) is -2.76. The Morgan fingerprint density at radius 3 is 2.48 bits per heavy atom. The fourth-order valence-corrected chi connectivity index (χ4v) is 3.77. The van der Waals surface area contributed by atoms with Crippen molar-refractivity contribution in [2.24, 2.45) is 0 Å². The van der Waals surface area contributed by atoms with Crippen molar-refractivity contribution >= 4 is 11.9 Å². The number of amides is 3. The number of halogens is 3. The third-order valence-corrected chi connectivity index (χ3v) is 5.26. The smallest absolute Gasteiger partial charge is 0.335 e. The van der Waals surface area contributed by atoms with Crippen LogP contribution in [-0.2, 0) is 12.7 Å². The summed E-state index contributed by atoms with van der Waals surface area (Å²) in [6, 6.07) is 9.53. The number of alkyl halides is 3. The van der Waals surface area contributed by atoms with Crippen LogP contribution in [0.15, 0.2) is 48.7 Å². The molecule has 3 amide bonds. The number of carbonyl (C=O) groups excluding carboxylic acids is 2. The van der Waals surface area contributed by atoms with Gasteiger partial charge in [0.1, 0.15) is 0 Å². The highest BCUT2D eigenvalue weighted by atomic mass is 19.4. The Morgan fingerprint density at radius 2 is 1.83 bits per heavy atom. The van der Waals surface area contributed by atoms with E-state index >= 15 is 0 Å². The van der Waals surface area contributed by atoms with Crippen LogP contribution in [0.4, 0.5) is 18.0 Å². The van der Waals surface area contributed by atoms with E-state index in [0.29, 0.717) is 32.7 Å². The van der Waals surface area contributed by atoms with Crippen molar-refractivity contribution in [1.82, 2.24) is 19.7 Å². The fraction of sp³-hybridized carbons (Fsp3) is 0.350.